The van der Waals surface area contributed by atoms with Crippen molar-refractivity contribution in [1.82, 2.24) is 5.32 Å². The van der Waals surface area contributed by atoms with E-state index in [1.807, 2.05) is 13.0 Å². The maximum atomic E-state index is 13.5. The van der Waals surface area contributed by atoms with E-state index in [1.54, 1.807) is 24.3 Å². The average Bonchev–Trinajstić information content (AvgIpc) is 3.72. The minimum Gasteiger partial charge on any atom is -0.464 e. The molecule has 0 radical (unpaired) electrons. The number of carbonyl (C=O) groups excluding carboxylic acids is 1. The number of nitrogens with one attached hydrogen (secondary N) is 1. The third-order valence-electron chi connectivity index (χ3n) is 6.46. The van der Waals surface area contributed by atoms with E-state index in [1.165, 1.54) is 6.26 Å². The smallest absolute Gasteiger partial charge is 0.286 e. The lowest BCUT2D eigenvalue weighted by molar-refractivity contribution is -0.168. The molecule has 2 N–H and O–H groups in total. The third kappa shape index (κ3) is 6.73. The van der Waals surface area contributed by atoms with Crippen molar-refractivity contribution >= 4 is 16.9 Å². The van der Waals surface area contributed by atoms with Crippen LogP contribution >= 0.6 is 0 Å². The van der Waals surface area contributed by atoms with Crippen LogP contribution < -0.4 is 10.7 Å². The Morgan fingerprint density at radius 1 is 1.14 bits per heavy atom. The molecule has 2 aromatic rings. The number of rotatable bonds is 14. The summed E-state index contributed by atoms with van der Waals surface area (Å²) in [6.07, 6.45) is 5.23. The Hall–Kier alpha value is -2.72. The molecule has 196 valence electrons. The molecular weight excluding hydrogens is 466 g/mol. The van der Waals surface area contributed by atoms with Gasteiger partial charge in [0, 0.05) is 37.2 Å². The van der Waals surface area contributed by atoms with Gasteiger partial charge in [-0.1, -0.05) is 12.1 Å². The summed E-state index contributed by atoms with van der Waals surface area (Å²) in [6.45, 7) is 4.22. The summed E-state index contributed by atoms with van der Waals surface area (Å²) in [4.78, 5) is 26.4. The van der Waals surface area contributed by atoms with Crippen molar-refractivity contribution in [3.05, 3.63) is 58.2 Å². The highest BCUT2D eigenvalue weighted by Crippen LogP contribution is 2.38. The van der Waals surface area contributed by atoms with Crippen LogP contribution in [0.5, 0.6) is 0 Å². The number of fused-ring (bicyclic) bond motifs is 1. The second kappa shape index (κ2) is 13.0. The number of aliphatic hydroxyl groups excluding tert-OH is 1. The average molecular weight is 502 g/mol. The molecule has 3 atom stereocenters. The van der Waals surface area contributed by atoms with Gasteiger partial charge < -0.3 is 33.8 Å². The van der Waals surface area contributed by atoms with Crippen molar-refractivity contribution in [2.24, 2.45) is 11.8 Å². The molecule has 2 aliphatic rings. The van der Waals surface area contributed by atoms with Crippen LogP contribution in [0.3, 0.4) is 0 Å². The molecule has 2 heterocycles. The summed E-state index contributed by atoms with van der Waals surface area (Å²) >= 11 is 0. The largest absolute Gasteiger partial charge is 0.464 e. The van der Waals surface area contributed by atoms with Crippen molar-refractivity contribution in [3.63, 3.8) is 0 Å². The van der Waals surface area contributed by atoms with Crippen LogP contribution in [0.4, 0.5) is 0 Å². The van der Waals surface area contributed by atoms with Gasteiger partial charge in [-0.25, -0.2) is 0 Å². The highest BCUT2D eigenvalue weighted by Gasteiger charge is 2.39. The molecule has 1 saturated carbocycles. The fourth-order valence-corrected chi connectivity index (χ4v) is 4.37. The SMILES string of the molecule is CCO[C@@H]1OC(C(=O)NCC2CC2)=C[C@H](c2coc3ccccc3c2=O)[C@@H]1CCOCCOCCO. The second-order valence-corrected chi connectivity index (χ2v) is 9.07. The monoisotopic (exact) mass is 501 g/mol. The number of hydrogen-bond acceptors (Lipinski definition) is 8. The van der Waals surface area contributed by atoms with Gasteiger partial charge in [-0.05, 0) is 50.3 Å². The van der Waals surface area contributed by atoms with Gasteiger partial charge in [0.2, 0.25) is 6.29 Å². The van der Waals surface area contributed by atoms with E-state index in [4.69, 9.17) is 28.5 Å². The summed E-state index contributed by atoms with van der Waals surface area (Å²) in [6, 6.07) is 7.11. The first-order valence-corrected chi connectivity index (χ1v) is 12.7. The molecule has 1 aliphatic carbocycles. The van der Waals surface area contributed by atoms with Crippen LogP contribution in [-0.4, -0.2) is 63.5 Å². The minimum absolute atomic E-state index is 0.0334. The fraction of sp³-hybridized carbons (Fsp3) is 0.556. The molecule has 0 unspecified atom stereocenters. The molecule has 1 aromatic carbocycles. The second-order valence-electron chi connectivity index (χ2n) is 9.07. The molecule has 0 saturated heterocycles. The number of para-hydroxylation sites is 1. The van der Waals surface area contributed by atoms with Crippen LogP contribution in [0.15, 0.2) is 51.6 Å². The summed E-state index contributed by atoms with van der Waals surface area (Å²) in [5, 5.41) is 12.2. The van der Waals surface area contributed by atoms with E-state index in [0.717, 1.165) is 12.8 Å². The van der Waals surface area contributed by atoms with Crippen molar-refractivity contribution in [3.8, 4) is 0 Å². The van der Waals surface area contributed by atoms with Crippen LogP contribution in [0, 0.1) is 11.8 Å². The standard InChI is InChI=1S/C27H35NO8/c1-2-34-27-19(9-11-32-13-14-33-12-10-29)21(15-24(36-27)26(31)28-16-18-7-8-18)22-17-35-23-6-4-3-5-20(23)25(22)30/h3-6,15,17-19,21,27,29H,2,7-14,16H2,1H3,(H,28,31)/t19-,21-,27+/m0/s1. The van der Waals surface area contributed by atoms with Gasteiger partial charge in [0.15, 0.2) is 11.2 Å². The molecule has 9 nitrogen and oxygen atoms in total. The first kappa shape index (κ1) is 26.3. The Bertz CT molecular complexity index is 1090. The number of allylic oxidation sites excluding steroid dienone is 1. The van der Waals surface area contributed by atoms with Gasteiger partial charge in [-0.2, -0.15) is 0 Å². The number of benzene rings is 1. The lowest BCUT2D eigenvalue weighted by atomic mass is 9.81. The number of carbonyl (C=O) groups is 1. The third-order valence-corrected chi connectivity index (χ3v) is 6.46. The molecule has 1 aliphatic heterocycles. The lowest BCUT2D eigenvalue weighted by Crippen LogP contribution is -2.40. The van der Waals surface area contributed by atoms with E-state index in [2.05, 4.69) is 5.32 Å². The van der Waals surface area contributed by atoms with Crippen molar-refractivity contribution < 1.29 is 33.3 Å². The van der Waals surface area contributed by atoms with E-state index < -0.39 is 12.2 Å². The Kier molecular flexibility index (Phi) is 9.52. The normalized spacial score (nSPS) is 21.7. The van der Waals surface area contributed by atoms with Gasteiger partial charge in [0.05, 0.1) is 38.1 Å². The Morgan fingerprint density at radius 2 is 1.92 bits per heavy atom. The first-order chi connectivity index (χ1) is 17.6. The number of ether oxygens (including phenoxy) is 4. The van der Waals surface area contributed by atoms with E-state index in [9.17, 15) is 9.59 Å². The molecule has 0 bridgehead atoms. The van der Waals surface area contributed by atoms with Crippen LogP contribution in [0.1, 0.15) is 37.7 Å². The molecule has 1 aromatic heterocycles. The van der Waals surface area contributed by atoms with Gasteiger partial charge in [0.25, 0.3) is 5.91 Å². The van der Waals surface area contributed by atoms with Crippen molar-refractivity contribution in [2.75, 3.05) is 46.2 Å². The van der Waals surface area contributed by atoms with Crippen molar-refractivity contribution in [2.45, 2.75) is 38.4 Å². The predicted molar refractivity (Wildman–Crippen MR) is 132 cm³/mol. The summed E-state index contributed by atoms with van der Waals surface area (Å²) < 4.78 is 28.7. The maximum absolute atomic E-state index is 13.5. The molecule has 4 rings (SSSR count). The molecule has 0 spiro atoms. The van der Waals surface area contributed by atoms with E-state index in [-0.39, 0.29) is 36.2 Å². The molecule has 36 heavy (non-hydrogen) atoms. The summed E-state index contributed by atoms with van der Waals surface area (Å²) in [7, 11) is 0. The van der Waals surface area contributed by atoms with Gasteiger partial charge in [-0.15, -0.1) is 0 Å². The number of amides is 1. The van der Waals surface area contributed by atoms with Gasteiger partial charge >= 0.3 is 0 Å². The molecule has 1 fully saturated rings. The van der Waals surface area contributed by atoms with E-state index in [0.29, 0.717) is 61.8 Å². The highest BCUT2D eigenvalue weighted by atomic mass is 16.7. The quantitative estimate of drug-likeness (QED) is 0.380. The van der Waals surface area contributed by atoms with Crippen LogP contribution in [-0.2, 0) is 23.7 Å². The highest BCUT2D eigenvalue weighted by molar-refractivity contribution is 5.91. The topological polar surface area (TPSA) is 116 Å². The first-order valence-electron chi connectivity index (χ1n) is 12.7. The van der Waals surface area contributed by atoms with Crippen molar-refractivity contribution in [1.29, 1.82) is 0 Å². The Labute approximate surface area is 210 Å². The zero-order valence-corrected chi connectivity index (χ0v) is 20.6. The summed E-state index contributed by atoms with van der Waals surface area (Å²) in [5.74, 6) is -0.381. The fourth-order valence-electron chi connectivity index (χ4n) is 4.37. The number of aliphatic hydroxyl groups is 1. The van der Waals surface area contributed by atoms with Gasteiger partial charge in [0.1, 0.15) is 5.58 Å². The Balaban J connectivity index is 1.59. The van der Waals surface area contributed by atoms with Crippen LogP contribution in [0.2, 0.25) is 0 Å². The number of hydrogen-bond donors (Lipinski definition) is 2. The van der Waals surface area contributed by atoms with E-state index >= 15 is 0 Å². The predicted octanol–water partition coefficient (Wildman–Crippen LogP) is 2.71. The Morgan fingerprint density at radius 3 is 2.67 bits per heavy atom. The zero-order valence-electron chi connectivity index (χ0n) is 20.6. The lowest BCUT2D eigenvalue weighted by Gasteiger charge is -2.36. The summed E-state index contributed by atoms with van der Waals surface area (Å²) in [5.41, 5.74) is 0.815. The molecule has 1 amide bonds. The molecular formula is C27H35NO8. The van der Waals surface area contributed by atoms with Gasteiger partial charge in [-0.3, -0.25) is 9.59 Å². The van der Waals surface area contributed by atoms with Crippen LogP contribution in [0.25, 0.3) is 11.0 Å². The maximum Gasteiger partial charge on any atom is 0.286 e. The minimum atomic E-state index is -0.730. The molecule has 9 heteroatoms. The zero-order chi connectivity index (χ0) is 25.3.